The highest BCUT2D eigenvalue weighted by Gasteiger charge is 2.30. The van der Waals surface area contributed by atoms with Gasteiger partial charge in [-0.3, -0.25) is 4.79 Å². The summed E-state index contributed by atoms with van der Waals surface area (Å²) in [6.45, 7) is 1.74. The average Bonchev–Trinajstić information content (AvgIpc) is 3.39. The molecule has 1 aromatic heterocycles. The highest BCUT2D eigenvalue weighted by atomic mass is 32.2. The number of hydrogen-bond donors (Lipinski definition) is 1. The van der Waals surface area contributed by atoms with Gasteiger partial charge in [-0.2, -0.15) is 5.10 Å². The third-order valence-corrected chi connectivity index (χ3v) is 7.75. The average molecular weight is 428 g/mol. The Morgan fingerprint density at radius 1 is 1.13 bits per heavy atom. The summed E-state index contributed by atoms with van der Waals surface area (Å²) in [5, 5.41) is 6.64. The van der Waals surface area contributed by atoms with Crippen LogP contribution in [0.25, 0.3) is 5.69 Å². The molecule has 8 heteroatoms. The summed E-state index contributed by atoms with van der Waals surface area (Å²) in [6, 6.07) is 12.2. The van der Waals surface area contributed by atoms with E-state index >= 15 is 0 Å². The molecule has 0 radical (unpaired) electrons. The highest BCUT2D eigenvalue weighted by molar-refractivity contribution is 7.92. The first-order valence-corrected chi connectivity index (χ1v) is 11.4. The van der Waals surface area contributed by atoms with E-state index in [-0.39, 0.29) is 16.0 Å². The number of aromatic nitrogens is 2. The number of halogens is 1. The van der Waals surface area contributed by atoms with E-state index < -0.39 is 15.7 Å². The lowest BCUT2D eigenvalue weighted by Crippen LogP contribution is -2.18. The Morgan fingerprint density at radius 2 is 1.83 bits per heavy atom. The molecule has 1 N–H and O–H groups in total. The number of carbonyl (C=O) groups excluding carboxylic acids is 1. The zero-order valence-electron chi connectivity index (χ0n) is 16.5. The summed E-state index contributed by atoms with van der Waals surface area (Å²) >= 11 is 0. The summed E-state index contributed by atoms with van der Waals surface area (Å²) < 4.78 is 40.4. The third kappa shape index (κ3) is 3.87. The Morgan fingerprint density at radius 3 is 2.53 bits per heavy atom. The zero-order chi connectivity index (χ0) is 21.3. The first kappa shape index (κ1) is 20.3. The zero-order valence-corrected chi connectivity index (χ0v) is 17.3. The van der Waals surface area contributed by atoms with Crippen LogP contribution in [-0.2, 0) is 9.84 Å². The number of nitrogens with zero attached hydrogens (tertiary/aromatic N) is 2. The first-order valence-electron chi connectivity index (χ1n) is 9.82. The van der Waals surface area contributed by atoms with Crippen LogP contribution >= 0.6 is 0 Å². The van der Waals surface area contributed by atoms with Crippen LogP contribution in [0, 0.1) is 12.7 Å². The molecule has 1 aliphatic rings. The molecular weight excluding hydrogens is 405 g/mol. The van der Waals surface area contributed by atoms with Gasteiger partial charge in [-0.15, -0.1) is 0 Å². The van der Waals surface area contributed by atoms with Gasteiger partial charge in [-0.1, -0.05) is 18.9 Å². The van der Waals surface area contributed by atoms with Crippen LogP contribution in [0.5, 0.6) is 0 Å². The summed E-state index contributed by atoms with van der Waals surface area (Å²) in [6.07, 6.45) is 4.66. The fraction of sp³-hybridized carbons (Fsp3) is 0.273. The minimum absolute atomic E-state index is 0.228. The van der Waals surface area contributed by atoms with Gasteiger partial charge >= 0.3 is 0 Å². The molecule has 0 atom stereocenters. The van der Waals surface area contributed by atoms with Crippen molar-refractivity contribution in [1.29, 1.82) is 0 Å². The van der Waals surface area contributed by atoms with E-state index in [0.717, 1.165) is 12.8 Å². The second-order valence-electron chi connectivity index (χ2n) is 7.47. The van der Waals surface area contributed by atoms with Crippen molar-refractivity contribution in [1.82, 2.24) is 9.78 Å². The van der Waals surface area contributed by atoms with Gasteiger partial charge in [-0.05, 0) is 62.2 Å². The van der Waals surface area contributed by atoms with Gasteiger partial charge in [0.05, 0.1) is 33.3 Å². The SMILES string of the molecule is Cc1c(C(=O)Nc2cccc(S(=O)(=O)C3CCCC3)c2)cnn1-c1ccc(F)cc1. The van der Waals surface area contributed by atoms with E-state index in [9.17, 15) is 17.6 Å². The quantitative estimate of drug-likeness (QED) is 0.659. The molecule has 0 bridgehead atoms. The van der Waals surface area contributed by atoms with Crippen molar-refractivity contribution < 1.29 is 17.6 Å². The molecule has 4 rings (SSSR count). The number of carbonyl (C=O) groups is 1. The Balaban J connectivity index is 1.56. The van der Waals surface area contributed by atoms with Crippen LogP contribution < -0.4 is 5.32 Å². The molecule has 6 nitrogen and oxygen atoms in total. The minimum Gasteiger partial charge on any atom is -0.322 e. The summed E-state index contributed by atoms with van der Waals surface area (Å²) in [5.41, 5.74) is 1.99. The van der Waals surface area contributed by atoms with Crippen molar-refractivity contribution in [3.63, 3.8) is 0 Å². The topological polar surface area (TPSA) is 81.1 Å². The molecule has 30 heavy (non-hydrogen) atoms. The van der Waals surface area contributed by atoms with Crippen LogP contribution in [-0.4, -0.2) is 29.4 Å². The maximum absolute atomic E-state index is 13.2. The van der Waals surface area contributed by atoms with Crippen molar-refractivity contribution >= 4 is 21.4 Å². The predicted molar refractivity (Wildman–Crippen MR) is 112 cm³/mol. The van der Waals surface area contributed by atoms with E-state index in [0.29, 0.717) is 35.5 Å². The van der Waals surface area contributed by atoms with E-state index in [1.807, 2.05) is 0 Å². The van der Waals surface area contributed by atoms with Crippen LogP contribution in [0.4, 0.5) is 10.1 Å². The maximum atomic E-state index is 13.2. The molecule has 1 aliphatic carbocycles. The summed E-state index contributed by atoms with van der Waals surface area (Å²) in [4.78, 5) is 13.0. The standard InChI is InChI=1S/C22H22FN3O3S/c1-15-21(14-24-26(15)18-11-9-16(23)10-12-18)22(27)25-17-5-4-8-20(13-17)30(28,29)19-6-2-3-7-19/h4-5,8-14,19H,2-3,6-7H2,1H3,(H,25,27). The van der Waals surface area contributed by atoms with Crippen molar-refractivity contribution in [3.05, 3.63) is 71.8 Å². The van der Waals surface area contributed by atoms with Crippen LogP contribution in [0.2, 0.25) is 0 Å². The number of hydrogen-bond acceptors (Lipinski definition) is 4. The predicted octanol–water partition coefficient (Wildman–Crippen LogP) is 4.29. The molecule has 1 fully saturated rings. The normalized spacial score (nSPS) is 14.7. The highest BCUT2D eigenvalue weighted by Crippen LogP contribution is 2.30. The van der Waals surface area contributed by atoms with Crippen molar-refractivity contribution in [2.45, 2.75) is 42.8 Å². The number of anilines is 1. The van der Waals surface area contributed by atoms with Gasteiger partial charge < -0.3 is 5.32 Å². The second-order valence-corrected chi connectivity index (χ2v) is 9.69. The van der Waals surface area contributed by atoms with Crippen molar-refractivity contribution in [3.8, 4) is 5.69 Å². The van der Waals surface area contributed by atoms with Gasteiger partial charge in [0, 0.05) is 5.69 Å². The molecular formula is C22H22FN3O3S. The van der Waals surface area contributed by atoms with Crippen LogP contribution in [0.3, 0.4) is 0 Å². The van der Waals surface area contributed by atoms with Gasteiger partial charge in [0.1, 0.15) is 5.82 Å². The fourth-order valence-corrected chi connectivity index (χ4v) is 5.71. The molecule has 2 aromatic carbocycles. The largest absolute Gasteiger partial charge is 0.322 e. The number of nitrogens with one attached hydrogen (secondary N) is 1. The summed E-state index contributed by atoms with van der Waals surface area (Å²) in [5.74, 6) is -0.745. The minimum atomic E-state index is -3.40. The molecule has 156 valence electrons. The molecule has 0 spiro atoms. The van der Waals surface area contributed by atoms with Crippen molar-refractivity contribution in [2.75, 3.05) is 5.32 Å². The van der Waals surface area contributed by atoms with Crippen LogP contribution in [0.15, 0.2) is 59.6 Å². The second kappa shape index (κ2) is 8.02. The lowest BCUT2D eigenvalue weighted by molar-refractivity contribution is 0.102. The smallest absolute Gasteiger partial charge is 0.259 e. The number of amides is 1. The van der Waals surface area contributed by atoms with Gasteiger partial charge in [0.25, 0.3) is 5.91 Å². The molecule has 1 saturated carbocycles. The lowest BCUT2D eigenvalue weighted by atomic mass is 10.2. The van der Waals surface area contributed by atoms with E-state index in [4.69, 9.17) is 0 Å². The third-order valence-electron chi connectivity index (χ3n) is 5.49. The fourth-order valence-electron chi connectivity index (χ4n) is 3.82. The molecule has 0 unspecified atom stereocenters. The lowest BCUT2D eigenvalue weighted by Gasteiger charge is -2.12. The Bertz CT molecular complexity index is 1180. The number of benzene rings is 2. The van der Waals surface area contributed by atoms with Gasteiger partial charge in [-0.25, -0.2) is 17.5 Å². The monoisotopic (exact) mass is 427 g/mol. The molecule has 1 heterocycles. The molecule has 1 amide bonds. The van der Waals surface area contributed by atoms with Crippen molar-refractivity contribution in [2.24, 2.45) is 0 Å². The first-order chi connectivity index (χ1) is 14.4. The summed E-state index contributed by atoms with van der Waals surface area (Å²) in [7, 11) is -3.40. The maximum Gasteiger partial charge on any atom is 0.259 e. The molecule has 0 aliphatic heterocycles. The van der Waals surface area contributed by atoms with E-state index in [2.05, 4.69) is 10.4 Å². The Hall–Kier alpha value is -3.00. The van der Waals surface area contributed by atoms with E-state index in [1.165, 1.54) is 24.4 Å². The number of rotatable bonds is 5. The van der Waals surface area contributed by atoms with Gasteiger partial charge in [0.2, 0.25) is 0 Å². The molecule has 0 saturated heterocycles. The van der Waals surface area contributed by atoms with E-state index in [1.54, 1.807) is 41.9 Å². The van der Waals surface area contributed by atoms with Gasteiger partial charge in [0.15, 0.2) is 9.84 Å². The number of sulfone groups is 1. The molecule has 3 aromatic rings. The van der Waals surface area contributed by atoms with Crippen LogP contribution in [0.1, 0.15) is 41.7 Å². The Labute approximate surface area is 174 Å². The Kier molecular flexibility index (Phi) is 5.42.